The van der Waals surface area contributed by atoms with Crippen molar-refractivity contribution < 1.29 is 14.3 Å². The average Bonchev–Trinajstić information content (AvgIpc) is 2.84. The van der Waals surface area contributed by atoms with E-state index in [9.17, 15) is 4.79 Å². The zero-order valence-corrected chi connectivity index (χ0v) is 12.9. The number of carbonyl (C=O) groups excluding carboxylic acids is 1. The molecule has 1 N–H and O–H groups in total. The van der Waals surface area contributed by atoms with Crippen LogP contribution in [0.1, 0.15) is 19.4 Å². The molecule has 0 bridgehead atoms. The van der Waals surface area contributed by atoms with Crippen LogP contribution >= 0.6 is 11.8 Å². The number of amidine groups is 1. The summed E-state index contributed by atoms with van der Waals surface area (Å²) in [5, 5.41) is 11.0. The fourth-order valence-corrected chi connectivity index (χ4v) is 2.28. The maximum atomic E-state index is 11.0. The molecule has 1 amide bonds. The van der Waals surface area contributed by atoms with Crippen LogP contribution in [0.3, 0.4) is 0 Å². The molecule has 1 aliphatic rings. The highest BCUT2D eigenvalue weighted by Crippen LogP contribution is 2.28. The van der Waals surface area contributed by atoms with Crippen LogP contribution in [0.15, 0.2) is 28.4 Å². The van der Waals surface area contributed by atoms with E-state index in [-0.39, 0.29) is 12.0 Å². The minimum Gasteiger partial charge on any atom is -0.493 e. The zero-order valence-electron chi connectivity index (χ0n) is 12.1. The molecule has 6 nitrogen and oxygen atoms in total. The molecule has 1 aliphatic heterocycles. The predicted octanol–water partition coefficient (Wildman–Crippen LogP) is 2.04. The Morgan fingerprint density at radius 3 is 2.81 bits per heavy atom. The molecule has 0 spiro atoms. The molecule has 1 aromatic carbocycles. The second-order valence-electron chi connectivity index (χ2n) is 4.56. The van der Waals surface area contributed by atoms with E-state index in [1.807, 2.05) is 32.0 Å². The van der Waals surface area contributed by atoms with Crippen LogP contribution < -0.4 is 14.8 Å². The molecule has 112 valence electrons. The molecule has 0 unspecified atom stereocenters. The number of methoxy groups -OCH3 is 1. The molecule has 21 heavy (non-hydrogen) atoms. The van der Waals surface area contributed by atoms with Crippen molar-refractivity contribution in [3.8, 4) is 11.5 Å². The SMILES string of the molecule is COc1ccc(C=NN=C2NC(=O)CS2)cc1OC(C)C. The molecule has 1 fully saturated rings. The molecule has 0 aromatic heterocycles. The maximum Gasteiger partial charge on any atom is 0.236 e. The minimum atomic E-state index is -0.0500. The number of hydrogen-bond acceptors (Lipinski definition) is 6. The molecule has 0 aliphatic carbocycles. The summed E-state index contributed by atoms with van der Waals surface area (Å²) in [6, 6.07) is 5.51. The smallest absolute Gasteiger partial charge is 0.236 e. The quantitative estimate of drug-likeness (QED) is 0.667. The molecule has 2 rings (SSSR count). The first kappa shape index (κ1) is 15.4. The Labute approximate surface area is 127 Å². The Morgan fingerprint density at radius 1 is 1.38 bits per heavy atom. The van der Waals surface area contributed by atoms with Gasteiger partial charge in [-0.15, -0.1) is 5.10 Å². The molecule has 7 heteroatoms. The van der Waals surface area contributed by atoms with Gasteiger partial charge in [-0.2, -0.15) is 5.10 Å². The second kappa shape index (κ2) is 7.12. The summed E-state index contributed by atoms with van der Waals surface area (Å²) < 4.78 is 10.9. The average molecular weight is 307 g/mol. The molecule has 1 aromatic rings. The standard InChI is InChI=1S/C14H17N3O3S/c1-9(2)20-12-6-10(4-5-11(12)19-3)7-15-17-14-16-13(18)8-21-14/h4-7,9H,8H2,1-3H3,(H,16,17,18). The van der Waals surface area contributed by atoms with E-state index in [0.29, 0.717) is 22.4 Å². The van der Waals surface area contributed by atoms with Crippen molar-refractivity contribution >= 4 is 29.1 Å². The Bertz CT molecular complexity index is 585. The predicted molar refractivity (Wildman–Crippen MR) is 84.4 cm³/mol. The lowest BCUT2D eigenvalue weighted by molar-refractivity contribution is -0.116. The van der Waals surface area contributed by atoms with Gasteiger partial charge in [0.25, 0.3) is 0 Å². The van der Waals surface area contributed by atoms with Gasteiger partial charge in [0.05, 0.1) is 25.2 Å². The highest BCUT2D eigenvalue weighted by atomic mass is 32.2. The van der Waals surface area contributed by atoms with Gasteiger partial charge in [-0.25, -0.2) is 0 Å². The number of carbonyl (C=O) groups is 1. The van der Waals surface area contributed by atoms with Gasteiger partial charge in [-0.1, -0.05) is 11.8 Å². The number of nitrogens with one attached hydrogen (secondary N) is 1. The van der Waals surface area contributed by atoms with Gasteiger partial charge in [0.2, 0.25) is 5.91 Å². The van der Waals surface area contributed by atoms with Gasteiger partial charge in [-0.3, -0.25) is 4.79 Å². The van der Waals surface area contributed by atoms with E-state index in [0.717, 1.165) is 5.56 Å². The summed E-state index contributed by atoms with van der Waals surface area (Å²) in [4.78, 5) is 11.0. The first-order valence-corrected chi connectivity index (χ1v) is 7.45. The highest BCUT2D eigenvalue weighted by molar-refractivity contribution is 8.15. The van der Waals surface area contributed by atoms with Gasteiger partial charge in [0, 0.05) is 0 Å². The van der Waals surface area contributed by atoms with E-state index >= 15 is 0 Å². The lowest BCUT2D eigenvalue weighted by Crippen LogP contribution is -2.19. The van der Waals surface area contributed by atoms with Gasteiger partial charge in [0.15, 0.2) is 16.7 Å². The lowest BCUT2D eigenvalue weighted by Gasteiger charge is -2.13. The van der Waals surface area contributed by atoms with E-state index < -0.39 is 0 Å². The molecule has 1 heterocycles. The highest BCUT2D eigenvalue weighted by Gasteiger charge is 2.15. The van der Waals surface area contributed by atoms with Gasteiger partial charge in [0.1, 0.15) is 0 Å². The van der Waals surface area contributed by atoms with Crippen molar-refractivity contribution in [2.75, 3.05) is 12.9 Å². The van der Waals surface area contributed by atoms with Crippen molar-refractivity contribution in [2.45, 2.75) is 20.0 Å². The number of thioether (sulfide) groups is 1. The fourth-order valence-electron chi connectivity index (χ4n) is 1.65. The van der Waals surface area contributed by atoms with Crippen LogP contribution in [0.25, 0.3) is 0 Å². The van der Waals surface area contributed by atoms with Crippen molar-refractivity contribution in [3.63, 3.8) is 0 Å². The van der Waals surface area contributed by atoms with Crippen LogP contribution in [0.5, 0.6) is 11.5 Å². The minimum absolute atomic E-state index is 0.0500. The third-order valence-electron chi connectivity index (χ3n) is 2.49. The third-order valence-corrected chi connectivity index (χ3v) is 3.36. The van der Waals surface area contributed by atoms with E-state index in [4.69, 9.17) is 9.47 Å². The first-order valence-electron chi connectivity index (χ1n) is 6.47. The lowest BCUT2D eigenvalue weighted by atomic mass is 10.2. The Hall–Kier alpha value is -2.02. The summed E-state index contributed by atoms with van der Waals surface area (Å²) in [7, 11) is 1.60. The molecule has 1 saturated heterocycles. The van der Waals surface area contributed by atoms with Crippen molar-refractivity contribution in [1.29, 1.82) is 0 Å². The number of ether oxygens (including phenoxy) is 2. The Balaban J connectivity index is 2.11. The van der Waals surface area contributed by atoms with Gasteiger partial charge in [-0.05, 0) is 37.6 Å². The van der Waals surface area contributed by atoms with Gasteiger partial charge >= 0.3 is 0 Å². The normalized spacial score (nSPS) is 16.8. The molecular weight excluding hydrogens is 290 g/mol. The number of amides is 1. The largest absolute Gasteiger partial charge is 0.493 e. The van der Waals surface area contributed by atoms with Crippen molar-refractivity contribution in [1.82, 2.24) is 5.32 Å². The number of hydrogen-bond donors (Lipinski definition) is 1. The topological polar surface area (TPSA) is 72.3 Å². The summed E-state index contributed by atoms with van der Waals surface area (Å²) in [5.41, 5.74) is 0.838. The van der Waals surface area contributed by atoms with Crippen LogP contribution in [-0.2, 0) is 4.79 Å². The Morgan fingerprint density at radius 2 is 2.19 bits per heavy atom. The van der Waals surface area contributed by atoms with Gasteiger partial charge < -0.3 is 14.8 Å². The van der Waals surface area contributed by atoms with Crippen molar-refractivity contribution in [3.05, 3.63) is 23.8 Å². The van der Waals surface area contributed by atoms with Crippen LogP contribution in [0.2, 0.25) is 0 Å². The maximum absolute atomic E-state index is 11.0. The van der Waals surface area contributed by atoms with Crippen molar-refractivity contribution in [2.24, 2.45) is 10.2 Å². The summed E-state index contributed by atoms with van der Waals surface area (Å²) in [6.07, 6.45) is 1.65. The van der Waals surface area contributed by atoms with Crippen LogP contribution in [0, 0.1) is 0 Å². The Kier molecular flexibility index (Phi) is 5.21. The fraction of sp³-hybridized carbons (Fsp3) is 0.357. The van der Waals surface area contributed by atoms with E-state index in [1.165, 1.54) is 11.8 Å². The van der Waals surface area contributed by atoms with E-state index in [2.05, 4.69) is 15.5 Å². The summed E-state index contributed by atoms with van der Waals surface area (Å²) in [6.45, 7) is 3.90. The monoisotopic (exact) mass is 307 g/mol. The van der Waals surface area contributed by atoms with E-state index in [1.54, 1.807) is 13.3 Å². The first-order chi connectivity index (χ1) is 10.1. The summed E-state index contributed by atoms with van der Waals surface area (Å²) in [5.74, 6) is 1.67. The van der Waals surface area contributed by atoms with Crippen LogP contribution in [0.4, 0.5) is 0 Å². The molecule has 0 radical (unpaired) electrons. The number of nitrogens with zero attached hydrogens (tertiary/aromatic N) is 2. The zero-order chi connectivity index (χ0) is 15.2. The summed E-state index contributed by atoms with van der Waals surface area (Å²) >= 11 is 1.33. The van der Waals surface area contributed by atoms with Crippen LogP contribution in [-0.4, -0.2) is 36.3 Å². The second-order valence-corrected chi connectivity index (χ2v) is 5.53. The third kappa shape index (κ3) is 4.49. The number of benzene rings is 1. The number of rotatable bonds is 5. The molecular formula is C14H17N3O3S. The molecule has 0 atom stereocenters. The molecule has 0 saturated carbocycles.